The fraction of sp³-hybridized carbons (Fsp3) is 1.00. The van der Waals surface area contributed by atoms with Crippen molar-refractivity contribution in [1.29, 1.82) is 0 Å². The summed E-state index contributed by atoms with van der Waals surface area (Å²) in [6, 6.07) is 0. The second-order valence-electron chi connectivity index (χ2n) is 5.28. The SMILES string of the molecule is CO[C@@H]1OC[C@H](O)[C@H](O)[C@H]1O[C@@H]1O[C@@H](C)[C@H](O)[C@@H](O)[C@H]1O. The molecule has 2 aliphatic rings. The van der Waals surface area contributed by atoms with Gasteiger partial charge in [-0.15, -0.1) is 0 Å². The van der Waals surface area contributed by atoms with Gasteiger partial charge in [0.05, 0.1) is 12.7 Å². The zero-order chi connectivity index (χ0) is 15.7. The van der Waals surface area contributed by atoms with Gasteiger partial charge in [0, 0.05) is 7.11 Å². The summed E-state index contributed by atoms with van der Waals surface area (Å²) < 4.78 is 20.9. The molecule has 2 heterocycles. The van der Waals surface area contributed by atoms with Crippen LogP contribution in [0.2, 0.25) is 0 Å². The van der Waals surface area contributed by atoms with E-state index in [1.54, 1.807) is 0 Å². The van der Waals surface area contributed by atoms with Crippen molar-refractivity contribution >= 4 is 0 Å². The molecule has 0 radical (unpaired) electrons. The summed E-state index contributed by atoms with van der Waals surface area (Å²) in [6.07, 6.45) is -10.9. The lowest BCUT2D eigenvalue weighted by Gasteiger charge is -2.43. The summed E-state index contributed by atoms with van der Waals surface area (Å²) in [5.74, 6) is 0. The van der Waals surface area contributed by atoms with E-state index >= 15 is 0 Å². The highest BCUT2D eigenvalue weighted by atomic mass is 16.7. The highest BCUT2D eigenvalue weighted by molar-refractivity contribution is 4.90. The van der Waals surface area contributed by atoms with E-state index < -0.39 is 55.3 Å². The van der Waals surface area contributed by atoms with E-state index in [2.05, 4.69) is 0 Å². The zero-order valence-electron chi connectivity index (χ0n) is 11.8. The van der Waals surface area contributed by atoms with Gasteiger partial charge in [-0.2, -0.15) is 0 Å². The first kappa shape index (κ1) is 17.0. The Labute approximate surface area is 121 Å². The second kappa shape index (κ2) is 6.82. The van der Waals surface area contributed by atoms with E-state index in [4.69, 9.17) is 18.9 Å². The van der Waals surface area contributed by atoms with Crippen LogP contribution in [-0.2, 0) is 18.9 Å². The van der Waals surface area contributed by atoms with Gasteiger partial charge in [0.2, 0.25) is 0 Å². The molecule has 2 rings (SSSR count). The molecule has 0 unspecified atom stereocenters. The van der Waals surface area contributed by atoms with Gasteiger partial charge in [0.15, 0.2) is 12.6 Å². The number of aliphatic hydroxyl groups is 5. The van der Waals surface area contributed by atoms with Crippen molar-refractivity contribution in [2.24, 2.45) is 0 Å². The first-order chi connectivity index (χ1) is 9.86. The summed E-state index contributed by atoms with van der Waals surface area (Å²) in [6.45, 7) is 1.39. The largest absolute Gasteiger partial charge is 0.388 e. The molecule has 9 heteroatoms. The highest BCUT2D eigenvalue weighted by Gasteiger charge is 2.47. The van der Waals surface area contributed by atoms with Crippen LogP contribution in [0, 0.1) is 0 Å². The predicted molar refractivity (Wildman–Crippen MR) is 66.0 cm³/mol. The quantitative estimate of drug-likeness (QED) is 0.367. The van der Waals surface area contributed by atoms with E-state index in [0.29, 0.717) is 0 Å². The van der Waals surface area contributed by atoms with Crippen LogP contribution in [0.4, 0.5) is 0 Å². The molecule has 0 amide bonds. The maximum absolute atomic E-state index is 9.96. The molecule has 0 spiro atoms. The minimum absolute atomic E-state index is 0.120. The maximum atomic E-state index is 9.96. The molecule has 2 saturated heterocycles. The fourth-order valence-corrected chi connectivity index (χ4v) is 2.39. The molecule has 21 heavy (non-hydrogen) atoms. The van der Waals surface area contributed by atoms with Crippen molar-refractivity contribution in [3.8, 4) is 0 Å². The topological polar surface area (TPSA) is 138 Å². The average molecular weight is 310 g/mol. The molecule has 9 nitrogen and oxygen atoms in total. The Kier molecular flexibility index (Phi) is 5.52. The van der Waals surface area contributed by atoms with E-state index in [1.165, 1.54) is 14.0 Å². The number of methoxy groups -OCH3 is 1. The first-order valence-corrected chi connectivity index (χ1v) is 6.72. The number of ether oxygens (including phenoxy) is 4. The molecule has 2 fully saturated rings. The minimum Gasteiger partial charge on any atom is -0.388 e. The Morgan fingerprint density at radius 2 is 1.57 bits per heavy atom. The molecular formula is C12H22O9. The van der Waals surface area contributed by atoms with Gasteiger partial charge in [0.1, 0.15) is 36.6 Å². The molecular weight excluding hydrogens is 288 g/mol. The van der Waals surface area contributed by atoms with E-state index in [1.807, 2.05) is 0 Å². The number of aliphatic hydroxyl groups excluding tert-OH is 5. The lowest BCUT2D eigenvalue weighted by molar-refractivity contribution is -0.350. The maximum Gasteiger partial charge on any atom is 0.187 e. The van der Waals surface area contributed by atoms with Crippen LogP contribution in [0.3, 0.4) is 0 Å². The molecule has 0 aromatic carbocycles. The Morgan fingerprint density at radius 1 is 0.905 bits per heavy atom. The monoisotopic (exact) mass is 310 g/mol. The summed E-state index contributed by atoms with van der Waals surface area (Å²) in [5.41, 5.74) is 0. The Morgan fingerprint density at radius 3 is 2.19 bits per heavy atom. The predicted octanol–water partition coefficient (Wildman–Crippen LogP) is -3.08. The third-order valence-electron chi connectivity index (χ3n) is 3.76. The Hall–Kier alpha value is -0.360. The van der Waals surface area contributed by atoms with Crippen LogP contribution in [0.5, 0.6) is 0 Å². The van der Waals surface area contributed by atoms with Crippen LogP contribution < -0.4 is 0 Å². The third kappa shape index (κ3) is 3.36. The summed E-state index contributed by atoms with van der Waals surface area (Å²) >= 11 is 0. The molecule has 2 aliphatic heterocycles. The van der Waals surface area contributed by atoms with Gasteiger partial charge in [-0.05, 0) is 6.92 Å². The summed E-state index contributed by atoms with van der Waals surface area (Å²) in [4.78, 5) is 0. The molecule has 0 bridgehead atoms. The van der Waals surface area contributed by atoms with Crippen molar-refractivity contribution in [3.05, 3.63) is 0 Å². The highest BCUT2D eigenvalue weighted by Crippen LogP contribution is 2.27. The van der Waals surface area contributed by atoms with Crippen LogP contribution in [0.1, 0.15) is 6.92 Å². The van der Waals surface area contributed by atoms with Crippen molar-refractivity contribution in [2.45, 2.75) is 62.2 Å². The Bertz CT molecular complexity index is 339. The first-order valence-electron chi connectivity index (χ1n) is 6.72. The lowest BCUT2D eigenvalue weighted by Crippen LogP contribution is -2.61. The number of rotatable bonds is 3. The lowest BCUT2D eigenvalue weighted by atomic mass is 9.99. The minimum atomic E-state index is -1.51. The van der Waals surface area contributed by atoms with Gasteiger partial charge in [0.25, 0.3) is 0 Å². The number of hydrogen-bond donors (Lipinski definition) is 5. The van der Waals surface area contributed by atoms with Crippen molar-refractivity contribution in [3.63, 3.8) is 0 Å². The summed E-state index contributed by atoms with van der Waals surface area (Å²) in [5, 5.41) is 48.8. The zero-order valence-corrected chi connectivity index (χ0v) is 11.8. The van der Waals surface area contributed by atoms with Crippen molar-refractivity contribution in [2.75, 3.05) is 13.7 Å². The van der Waals surface area contributed by atoms with Crippen LogP contribution in [0.15, 0.2) is 0 Å². The van der Waals surface area contributed by atoms with Crippen LogP contribution in [-0.4, -0.2) is 94.6 Å². The normalized spacial score (nSPS) is 51.9. The summed E-state index contributed by atoms with van der Waals surface area (Å²) in [7, 11) is 1.34. The standard InChI is InChI=1S/C12H22O9/c1-4-6(14)8(16)9(17)11(20-4)21-10-7(15)5(13)3-19-12(10)18-2/h4-17H,3H2,1-2H3/t4-,5-,6-,7-,8+,9+,10+,11-,12+/m0/s1. The molecule has 0 aromatic heterocycles. The number of hydrogen-bond acceptors (Lipinski definition) is 9. The molecule has 5 N–H and O–H groups in total. The van der Waals surface area contributed by atoms with Gasteiger partial charge < -0.3 is 44.5 Å². The van der Waals surface area contributed by atoms with Crippen molar-refractivity contribution < 1.29 is 44.5 Å². The smallest absolute Gasteiger partial charge is 0.187 e. The Balaban J connectivity index is 2.07. The van der Waals surface area contributed by atoms with Crippen LogP contribution >= 0.6 is 0 Å². The average Bonchev–Trinajstić information content (AvgIpc) is 2.47. The van der Waals surface area contributed by atoms with Gasteiger partial charge in [-0.3, -0.25) is 0 Å². The van der Waals surface area contributed by atoms with Gasteiger partial charge >= 0.3 is 0 Å². The molecule has 9 atom stereocenters. The van der Waals surface area contributed by atoms with E-state index in [0.717, 1.165) is 0 Å². The van der Waals surface area contributed by atoms with E-state index in [-0.39, 0.29) is 6.61 Å². The molecule has 0 aliphatic carbocycles. The molecule has 0 aromatic rings. The molecule has 124 valence electrons. The van der Waals surface area contributed by atoms with E-state index in [9.17, 15) is 25.5 Å². The third-order valence-corrected chi connectivity index (χ3v) is 3.76. The van der Waals surface area contributed by atoms with Gasteiger partial charge in [-0.25, -0.2) is 0 Å². The van der Waals surface area contributed by atoms with Crippen molar-refractivity contribution in [1.82, 2.24) is 0 Å². The second-order valence-corrected chi connectivity index (χ2v) is 5.28. The molecule has 0 saturated carbocycles. The fourth-order valence-electron chi connectivity index (χ4n) is 2.39. The van der Waals surface area contributed by atoms with Gasteiger partial charge in [-0.1, -0.05) is 0 Å². The van der Waals surface area contributed by atoms with Crippen LogP contribution in [0.25, 0.3) is 0 Å².